The molecule has 0 fully saturated rings. The van der Waals surface area contributed by atoms with E-state index in [0.29, 0.717) is 11.6 Å². The van der Waals surface area contributed by atoms with Crippen LogP contribution in [0.15, 0.2) is 36.4 Å². The number of carbonyl (C=O) groups excluding carboxylic acids is 1. The molecular formula is C14H15FN4O. The van der Waals surface area contributed by atoms with Gasteiger partial charge in [-0.25, -0.2) is 4.39 Å². The molecular weight excluding hydrogens is 259 g/mol. The molecule has 0 aliphatic rings. The molecule has 0 radical (unpaired) electrons. The van der Waals surface area contributed by atoms with Gasteiger partial charge in [0.05, 0.1) is 0 Å². The first-order chi connectivity index (χ1) is 9.54. The van der Waals surface area contributed by atoms with E-state index in [0.717, 1.165) is 6.07 Å². The first-order valence-corrected chi connectivity index (χ1v) is 6.22. The van der Waals surface area contributed by atoms with Crippen molar-refractivity contribution in [3.05, 3.63) is 47.8 Å². The second-order valence-electron chi connectivity index (χ2n) is 4.57. The van der Waals surface area contributed by atoms with Crippen molar-refractivity contribution in [1.82, 2.24) is 10.2 Å². The molecule has 104 valence electrons. The van der Waals surface area contributed by atoms with Gasteiger partial charge in [0, 0.05) is 11.6 Å². The van der Waals surface area contributed by atoms with Crippen molar-refractivity contribution in [3.8, 4) is 0 Å². The predicted molar refractivity (Wildman–Crippen MR) is 75.1 cm³/mol. The Morgan fingerprint density at radius 2 is 1.85 bits per heavy atom. The normalized spacial score (nSPS) is 10.4. The SMILES string of the molecule is CC(C)Nc1ccc(NC(=O)c2cccc(F)c2)nn1. The third-order valence-corrected chi connectivity index (χ3v) is 2.43. The van der Waals surface area contributed by atoms with Crippen LogP contribution in [0.25, 0.3) is 0 Å². The number of nitrogens with zero attached hydrogens (tertiary/aromatic N) is 2. The van der Waals surface area contributed by atoms with Crippen LogP contribution in [-0.4, -0.2) is 22.1 Å². The minimum Gasteiger partial charge on any atom is -0.366 e. The summed E-state index contributed by atoms with van der Waals surface area (Å²) in [5.41, 5.74) is 0.233. The lowest BCUT2D eigenvalue weighted by atomic mass is 10.2. The molecule has 20 heavy (non-hydrogen) atoms. The number of aromatic nitrogens is 2. The number of rotatable bonds is 4. The highest BCUT2D eigenvalue weighted by atomic mass is 19.1. The van der Waals surface area contributed by atoms with Crippen molar-refractivity contribution >= 4 is 17.5 Å². The molecule has 0 spiro atoms. The zero-order valence-electron chi connectivity index (χ0n) is 11.2. The fourth-order valence-corrected chi connectivity index (χ4v) is 1.59. The van der Waals surface area contributed by atoms with Gasteiger partial charge < -0.3 is 10.6 Å². The maximum atomic E-state index is 13.0. The quantitative estimate of drug-likeness (QED) is 0.899. The zero-order chi connectivity index (χ0) is 14.5. The van der Waals surface area contributed by atoms with Crippen LogP contribution >= 0.6 is 0 Å². The van der Waals surface area contributed by atoms with Crippen LogP contribution in [0.1, 0.15) is 24.2 Å². The van der Waals surface area contributed by atoms with Crippen molar-refractivity contribution in [2.75, 3.05) is 10.6 Å². The van der Waals surface area contributed by atoms with E-state index in [1.807, 2.05) is 13.8 Å². The van der Waals surface area contributed by atoms with E-state index in [4.69, 9.17) is 0 Å². The second kappa shape index (κ2) is 6.10. The fraction of sp³-hybridized carbons (Fsp3) is 0.214. The summed E-state index contributed by atoms with van der Waals surface area (Å²) in [6, 6.07) is 9.05. The van der Waals surface area contributed by atoms with Gasteiger partial charge in [0.25, 0.3) is 5.91 Å². The van der Waals surface area contributed by atoms with E-state index in [2.05, 4.69) is 20.8 Å². The van der Waals surface area contributed by atoms with E-state index < -0.39 is 11.7 Å². The van der Waals surface area contributed by atoms with E-state index in [1.54, 1.807) is 12.1 Å². The van der Waals surface area contributed by atoms with Crippen LogP contribution in [0.3, 0.4) is 0 Å². The lowest BCUT2D eigenvalue weighted by Gasteiger charge is -2.08. The lowest BCUT2D eigenvalue weighted by Crippen LogP contribution is -2.15. The number of hydrogen-bond donors (Lipinski definition) is 2. The van der Waals surface area contributed by atoms with Crippen molar-refractivity contribution in [1.29, 1.82) is 0 Å². The standard InChI is InChI=1S/C14H15FN4O/c1-9(2)16-12-6-7-13(19-18-12)17-14(20)10-4-3-5-11(15)8-10/h3-9H,1-2H3,(H,16,18)(H,17,19,20). The van der Waals surface area contributed by atoms with Gasteiger partial charge in [0.15, 0.2) is 5.82 Å². The lowest BCUT2D eigenvalue weighted by molar-refractivity contribution is 0.102. The summed E-state index contributed by atoms with van der Waals surface area (Å²) in [4.78, 5) is 11.9. The Bertz CT molecular complexity index is 598. The summed E-state index contributed by atoms with van der Waals surface area (Å²) in [6.07, 6.45) is 0. The highest BCUT2D eigenvalue weighted by molar-refractivity contribution is 6.03. The monoisotopic (exact) mass is 274 g/mol. The molecule has 0 bridgehead atoms. The molecule has 0 unspecified atom stereocenters. The van der Waals surface area contributed by atoms with Gasteiger partial charge in [0.2, 0.25) is 0 Å². The van der Waals surface area contributed by atoms with Gasteiger partial charge in [-0.3, -0.25) is 4.79 Å². The van der Waals surface area contributed by atoms with E-state index in [-0.39, 0.29) is 11.6 Å². The molecule has 2 rings (SSSR count). The van der Waals surface area contributed by atoms with Gasteiger partial charge in [-0.05, 0) is 44.2 Å². The Hall–Kier alpha value is -2.50. The maximum Gasteiger partial charge on any atom is 0.256 e. The average molecular weight is 274 g/mol. The van der Waals surface area contributed by atoms with E-state index >= 15 is 0 Å². The predicted octanol–water partition coefficient (Wildman–Crippen LogP) is 2.69. The molecule has 0 atom stereocenters. The van der Waals surface area contributed by atoms with Crippen molar-refractivity contribution < 1.29 is 9.18 Å². The summed E-state index contributed by atoms with van der Waals surface area (Å²) in [5.74, 6) is 0.0564. The smallest absolute Gasteiger partial charge is 0.256 e. The summed E-state index contributed by atoms with van der Waals surface area (Å²) in [5, 5.41) is 13.5. The molecule has 0 saturated carbocycles. The van der Waals surface area contributed by atoms with Gasteiger partial charge in [0.1, 0.15) is 11.6 Å². The number of anilines is 2. The van der Waals surface area contributed by atoms with Crippen LogP contribution < -0.4 is 10.6 Å². The van der Waals surface area contributed by atoms with Crippen LogP contribution in [0.5, 0.6) is 0 Å². The minimum atomic E-state index is -0.458. The zero-order valence-corrected chi connectivity index (χ0v) is 11.2. The van der Waals surface area contributed by atoms with Crippen molar-refractivity contribution in [2.24, 2.45) is 0 Å². The molecule has 1 aromatic carbocycles. The fourth-order valence-electron chi connectivity index (χ4n) is 1.59. The van der Waals surface area contributed by atoms with Crippen LogP contribution in [0, 0.1) is 5.82 Å². The Kier molecular flexibility index (Phi) is 4.24. The highest BCUT2D eigenvalue weighted by Crippen LogP contribution is 2.10. The molecule has 6 heteroatoms. The Morgan fingerprint density at radius 3 is 2.45 bits per heavy atom. The van der Waals surface area contributed by atoms with E-state index in [1.165, 1.54) is 18.2 Å². The topological polar surface area (TPSA) is 66.9 Å². The molecule has 0 aliphatic carbocycles. The number of hydrogen-bond acceptors (Lipinski definition) is 4. The largest absolute Gasteiger partial charge is 0.366 e. The first kappa shape index (κ1) is 13.9. The Morgan fingerprint density at radius 1 is 1.15 bits per heavy atom. The number of nitrogens with one attached hydrogen (secondary N) is 2. The first-order valence-electron chi connectivity index (χ1n) is 6.22. The molecule has 0 aliphatic heterocycles. The molecule has 2 N–H and O–H groups in total. The molecule has 2 aromatic rings. The van der Waals surface area contributed by atoms with Gasteiger partial charge in [-0.15, -0.1) is 10.2 Å². The molecule has 1 aromatic heterocycles. The second-order valence-corrected chi connectivity index (χ2v) is 4.57. The third kappa shape index (κ3) is 3.74. The highest BCUT2D eigenvalue weighted by Gasteiger charge is 2.08. The molecule has 5 nitrogen and oxygen atoms in total. The summed E-state index contributed by atoms with van der Waals surface area (Å²) < 4.78 is 13.0. The van der Waals surface area contributed by atoms with Crippen molar-refractivity contribution in [2.45, 2.75) is 19.9 Å². The van der Waals surface area contributed by atoms with Crippen LogP contribution in [0.4, 0.5) is 16.0 Å². The van der Waals surface area contributed by atoms with Gasteiger partial charge >= 0.3 is 0 Å². The number of halogens is 1. The number of amides is 1. The average Bonchev–Trinajstić information content (AvgIpc) is 2.40. The Balaban J connectivity index is 2.04. The van der Waals surface area contributed by atoms with Gasteiger partial charge in [-0.2, -0.15) is 0 Å². The molecule has 0 saturated heterocycles. The third-order valence-electron chi connectivity index (χ3n) is 2.43. The van der Waals surface area contributed by atoms with Gasteiger partial charge in [-0.1, -0.05) is 6.07 Å². The minimum absolute atomic E-state index is 0.233. The number of carbonyl (C=O) groups is 1. The maximum absolute atomic E-state index is 13.0. The molecule has 1 heterocycles. The summed E-state index contributed by atoms with van der Waals surface area (Å²) >= 11 is 0. The number of benzene rings is 1. The summed E-state index contributed by atoms with van der Waals surface area (Å²) in [7, 11) is 0. The summed E-state index contributed by atoms with van der Waals surface area (Å²) in [6.45, 7) is 3.97. The Labute approximate surface area is 116 Å². The molecule has 1 amide bonds. The van der Waals surface area contributed by atoms with E-state index in [9.17, 15) is 9.18 Å². The van der Waals surface area contributed by atoms with Crippen LogP contribution in [0.2, 0.25) is 0 Å². The van der Waals surface area contributed by atoms with Crippen LogP contribution in [-0.2, 0) is 0 Å². The van der Waals surface area contributed by atoms with Crippen molar-refractivity contribution in [3.63, 3.8) is 0 Å².